The summed E-state index contributed by atoms with van der Waals surface area (Å²) in [6, 6.07) is 4.48. The van der Waals surface area contributed by atoms with Crippen LogP contribution in [0.4, 0.5) is 5.00 Å². The highest BCUT2D eigenvalue weighted by Gasteiger charge is 2.42. The molecule has 1 aliphatic heterocycles. The Labute approximate surface area is 184 Å². The number of anilines is 1. The zero-order valence-electron chi connectivity index (χ0n) is 17.1. The lowest BCUT2D eigenvalue weighted by molar-refractivity contribution is -0.119. The second-order valence-electron chi connectivity index (χ2n) is 8.45. The molecule has 2 aliphatic carbocycles. The van der Waals surface area contributed by atoms with Gasteiger partial charge in [-0.05, 0) is 68.0 Å². The molecule has 2 aromatic rings. The number of rotatable bonds is 2. The number of aryl methyl sites for hydroxylation is 2. The number of fused-ring (bicyclic) bond motifs is 1. The molecule has 4 nitrogen and oxygen atoms in total. The molecule has 1 amide bonds. The maximum Gasteiger partial charge on any atom is 0.232 e. The van der Waals surface area contributed by atoms with E-state index < -0.39 is 0 Å². The number of hydrogen-bond donors (Lipinski definition) is 0. The molecule has 3 aliphatic rings. The molecule has 0 saturated carbocycles. The monoisotopic (exact) mass is 436 g/mol. The number of carbonyl (C=O) groups excluding carboxylic acids is 2. The first-order valence-corrected chi connectivity index (χ1v) is 12.5. The van der Waals surface area contributed by atoms with Crippen LogP contribution in [-0.2, 0) is 22.4 Å². The minimum absolute atomic E-state index is 0.0224. The summed E-state index contributed by atoms with van der Waals surface area (Å²) in [6.07, 6.45) is 7.67. The van der Waals surface area contributed by atoms with E-state index in [1.54, 1.807) is 27.6 Å². The first-order chi connectivity index (χ1) is 14.6. The molecule has 6 heteroatoms. The van der Waals surface area contributed by atoms with Crippen LogP contribution in [0.25, 0.3) is 0 Å². The predicted octanol–water partition coefficient (Wildman–Crippen LogP) is 5.79. The smallest absolute Gasteiger partial charge is 0.232 e. The molecule has 2 aromatic heterocycles. The van der Waals surface area contributed by atoms with Gasteiger partial charge in [-0.3, -0.25) is 14.5 Å². The van der Waals surface area contributed by atoms with E-state index in [9.17, 15) is 14.9 Å². The molecule has 0 spiro atoms. The Balaban J connectivity index is 1.68. The standard InChI is InChI=1S/C24H24N2O2S2/c1-14-10-11-29-23(14)16-12-21(28)26(18-7-5-8-19(27)22(16)18)24-17(13-25)15-6-3-2-4-9-20(15)30-24/h10-11,16H,2-9,12H2,1H3/t16-/m0/s1. The van der Waals surface area contributed by atoms with E-state index >= 15 is 0 Å². The lowest BCUT2D eigenvalue weighted by Gasteiger charge is -2.37. The topological polar surface area (TPSA) is 61.2 Å². The summed E-state index contributed by atoms with van der Waals surface area (Å²) >= 11 is 3.25. The molecule has 5 rings (SSSR count). The van der Waals surface area contributed by atoms with Crippen LogP contribution in [0.1, 0.15) is 77.3 Å². The fourth-order valence-electron chi connectivity index (χ4n) is 5.19. The summed E-state index contributed by atoms with van der Waals surface area (Å²) in [6.45, 7) is 2.06. The number of carbonyl (C=O) groups is 2. The number of Topliss-reactive ketones (excluding diaryl/α,β-unsaturated/α-hetero) is 1. The van der Waals surface area contributed by atoms with Crippen LogP contribution >= 0.6 is 22.7 Å². The van der Waals surface area contributed by atoms with E-state index in [1.165, 1.54) is 11.3 Å². The van der Waals surface area contributed by atoms with Gasteiger partial charge in [0, 0.05) is 39.8 Å². The van der Waals surface area contributed by atoms with Gasteiger partial charge in [-0.1, -0.05) is 6.42 Å². The first-order valence-electron chi connectivity index (χ1n) is 10.8. The fourth-order valence-corrected chi connectivity index (χ4v) is 7.61. The molecular formula is C24H24N2O2S2. The van der Waals surface area contributed by atoms with Crippen LogP contribution in [0.15, 0.2) is 22.7 Å². The summed E-state index contributed by atoms with van der Waals surface area (Å²) < 4.78 is 0. The number of hydrogen-bond acceptors (Lipinski definition) is 5. The minimum Gasteiger partial charge on any atom is -0.294 e. The van der Waals surface area contributed by atoms with Gasteiger partial charge in [0.1, 0.15) is 11.1 Å². The van der Waals surface area contributed by atoms with Crippen molar-refractivity contribution in [2.24, 2.45) is 0 Å². The Morgan fingerprint density at radius 3 is 2.70 bits per heavy atom. The van der Waals surface area contributed by atoms with Crippen molar-refractivity contribution in [1.29, 1.82) is 5.26 Å². The van der Waals surface area contributed by atoms with Crippen molar-refractivity contribution in [3.05, 3.63) is 49.2 Å². The maximum absolute atomic E-state index is 13.5. The van der Waals surface area contributed by atoms with Crippen LogP contribution < -0.4 is 4.90 Å². The number of nitriles is 1. The van der Waals surface area contributed by atoms with E-state index in [-0.39, 0.29) is 17.6 Å². The van der Waals surface area contributed by atoms with Crippen molar-refractivity contribution in [3.63, 3.8) is 0 Å². The summed E-state index contributed by atoms with van der Waals surface area (Å²) in [4.78, 5) is 30.7. The third kappa shape index (κ3) is 3.07. The van der Waals surface area contributed by atoms with Crippen LogP contribution in [0.3, 0.4) is 0 Å². The van der Waals surface area contributed by atoms with Gasteiger partial charge < -0.3 is 0 Å². The van der Waals surface area contributed by atoms with Crippen molar-refractivity contribution >= 4 is 39.4 Å². The van der Waals surface area contributed by atoms with Crippen LogP contribution in [0.2, 0.25) is 0 Å². The average molecular weight is 437 g/mol. The third-order valence-corrected chi connectivity index (χ3v) is 9.02. The Hall–Kier alpha value is -2.23. The molecule has 30 heavy (non-hydrogen) atoms. The van der Waals surface area contributed by atoms with Crippen molar-refractivity contribution in [2.75, 3.05) is 4.90 Å². The summed E-state index contributed by atoms with van der Waals surface area (Å²) in [7, 11) is 0. The minimum atomic E-state index is -0.139. The van der Waals surface area contributed by atoms with Gasteiger partial charge in [-0.15, -0.1) is 22.7 Å². The van der Waals surface area contributed by atoms with Gasteiger partial charge in [0.15, 0.2) is 5.78 Å². The van der Waals surface area contributed by atoms with Crippen molar-refractivity contribution in [2.45, 2.75) is 70.6 Å². The number of thiophene rings is 2. The van der Waals surface area contributed by atoms with Crippen molar-refractivity contribution < 1.29 is 9.59 Å². The van der Waals surface area contributed by atoms with E-state index in [0.29, 0.717) is 18.4 Å². The van der Waals surface area contributed by atoms with E-state index in [4.69, 9.17) is 0 Å². The Kier molecular flexibility index (Phi) is 5.12. The molecular weight excluding hydrogens is 412 g/mol. The zero-order valence-corrected chi connectivity index (χ0v) is 18.8. The second-order valence-corrected chi connectivity index (χ2v) is 10.5. The predicted molar refractivity (Wildman–Crippen MR) is 120 cm³/mol. The molecule has 0 aromatic carbocycles. The van der Waals surface area contributed by atoms with Gasteiger partial charge in [0.25, 0.3) is 0 Å². The molecule has 1 atom stereocenters. The molecule has 3 heterocycles. The van der Waals surface area contributed by atoms with E-state index in [1.807, 2.05) is 5.38 Å². The Morgan fingerprint density at radius 1 is 1.10 bits per heavy atom. The maximum atomic E-state index is 13.5. The number of nitrogens with zero attached hydrogens (tertiary/aromatic N) is 2. The normalized spacial score (nSPS) is 21.9. The highest BCUT2D eigenvalue weighted by atomic mass is 32.1. The Bertz CT molecular complexity index is 1110. The SMILES string of the molecule is Cc1ccsc1[C@H]1CC(=O)N(c2sc3c(c2C#N)CCCCC3)C2=C1C(=O)CCC2. The fraction of sp³-hybridized carbons (Fsp3) is 0.458. The third-order valence-electron chi connectivity index (χ3n) is 6.61. The first kappa shape index (κ1) is 19.7. The van der Waals surface area contributed by atoms with Crippen LogP contribution in [-0.4, -0.2) is 11.7 Å². The molecule has 154 valence electrons. The van der Waals surface area contributed by atoms with Gasteiger partial charge >= 0.3 is 0 Å². The quantitative estimate of drug-likeness (QED) is 0.560. The van der Waals surface area contributed by atoms with Crippen LogP contribution in [0, 0.1) is 18.3 Å². The average Bonchev–Trinajstić information content (AvgIpc) is 3.22. The summed E-state index contributed by atoms with van der Waals surface area (Å²) in [5.41, 5.74) is 4.63. The summed E-state index contributed by atoms with van der Waals surface area (Å²) in [5.74, 6) is 0.0530. The number of ketones is 1. The molecule has 0 unspecified atom stereocenters. The lowest BCUT2D eigenvalue weighted by atomic mass is 9.79. The molecule has 0 bridgehead atoms. The highest BCUT2D eigenvalue weighted by Crippen LogP contribution is 2.48. The lowest BCUT2D eigenvalue weighted by Crippen LogP contribution is -2.40. The Morgan fingerprint density at radius 2 is 1.93 bits per heavy atom. The van der Waals surface area contributed by atoms with Gasteiger partial charge in [-0.25, -0.2) is 0 Å². The second kappa shape index (κ2) is 7.79. The van der Waals surface area contributed by atoms with Crippen molar-refractivity contribution in [3.8, 4) is 6.07 Å². The molecule has 0 saturated heterocycles. The number of amides is 1. The van der Waals surface area contributed by atoms with Gasteiger partial charge in [-0.2, -0.15) is 5.26 Å². The van der Waals surface area contributed by atoms with Gasteiger partial charge in [0.05, 0.1) is 5.56 Å². The van der Waals surface area contributed by atoms with E-state index in [0.717, 1.165) is 70.8 Å². The van der Waals surface area contributed by atoms with E-state index in [2.05, 4.69) is 19.1 Å². The zero-order chi connectivity index (χ0) is 20.8. The summed E-state index contributed by atoms with van der Waals surface area (Å²) in [5, 5.41) is 12.8. The molecule has 0 N–H and O–H groups in total. The molecule has 0 fully saturated rings. The van der Waals surface area contributed by atoms with Gasteiger partial charge in [0.2, 0.25) is 5.91 Å². The molecule has 0 radical (unpaired) electrons. The largest absolute Gasteiger partial charge is 0.294 e. The van der Waals surface area contributed by atoms with Crippen molar-refractivity contribution in [1.82, 2.24) is 0 Å². The van der Waals surface area contributed by atoms with Crippen LogP contribution in [0.5, 0.6) is 0 Å². The number of allylic oxidation sites excluding steroid dienone is 2. The highest BCUT2D eigenvalue weighted by molar-refractivity contribution is 7.16.